The minimum Gasteiger partial charge on any atom is -0.300 e. The Hall–Kier alpha value is -0.330. The fraction of sp³-hybridized carbons (Fsp3) is 0.962. The van der Waals surface area contributed by atoms with Crippen LogP contribution in [0.3, 0.4) is 0 Å². The van der Waals surface area contributed by atoms with Crippen molar-refractivity contribution in [2.24, 2.45) is 64.1 Å². The summed E-state index contributed by atoms with van der Waals surface area (Å²) in [6.07, 6.45) is 13.1. The summed E-state index contributed by atoms with van der Waals surface area (Å²) in [4.78, 5) is 12.6. The van der Waals surface area contributed by atoms with E-state index < -0.39 is 0 Å². The highest BCUT2D eigenvalue weighted by Crippen LogP contribution is 2.77. The van der Waals surface area contributed by atoms with Crippen LogP contribution in [0.4, 0.5) is 0 Å². The number of hydrogen-bond donors (Lipinski definition) is 0. The first-order chi connectivity index (χ1) is 12.8. The van der Waals surface area contributed by atoms with Gasteiger partial charge in [-0.25, -0.2) is 0 Å². The molecule has 5 aliphatic rings. The Kier molecular flexibility index (Phi) is 4.21. The van der Waals surface area contributed by atoms with E-state index in [4.69, 9.17) is 0 Å². The van der Waals surface area contributed by atoms with Gasteiger partial charge < -0.3 is 0 Å². The predicted octanol–water partition coefficient (Wildman–Crippen LogP) is 6.75. The Bertz CT molecular complexity index is 624. The number of carbonyl (C=O) groups is 1. The molecule has 0 aliphatic heterocycles. The Labute approximate surface area is 167 Å². The third kappa shape index (κ3) is 2.38. The normalized spacial score (nSPS) is 58.6. The van der Waals surface area contributed by atoms with Crippen LogP contribution < -0.4 is 0 Å². The van der Waals surface area contributed by atoms with Gasteiger partial charge in [-0.1, -0.05) is 40.5 Å². The van der Waals surface area contributed by atoms with Crippen molar-refractivity contribution < 1.29 is 4.79 Å². The van der Waals surface area contributed by atoms with Crippen molar-refractivity contribution in [3.8, 4) is 0 Å². The maximum Gasteiger partial charge on any atom is 0.133 e. The molecule has 0 heterocycles. The van der Waals surface area contributed by atoms with E-state index in [0.717, 1.165) is 47.3 Å². The second kappa shape index (κ2) is 6.09. The van der Waals surface area contributed by atoms with Crippen molar-refractivity contribution in [1.29, 1.82) is 0 Å². The summed E-state index contributed by atoms with van der Waals surface area (Å²) in [5.74, 6) is 8.08. The number of ketones is 1. The average Bonchev–Trinajstić information content (AvgIpc) is 3.12. The van der Waals surface area contributed by atoms with Gasteiger partial charge in [0.1, 0.15) is 5.78 Å². The Morgan fingerprint density at radius 1 is 1.00 bits per heavy atom. The Morgan fingerprint density at radius 2 is 1.74 bits per heavy atom. The lowest BCUT2D eigenvalue weighted by Gasteiger charge is -2.62. The number of fused-ring (bicyclic) bond motifs is 7. The lowest BCUT2D eigenvalue weighted by Crippen LogP contribution is -2.55. The summed E-state index contributed by atoms with van der Waals surface area (Å²) in [7, 11) is 0. The van der Waals surface area contributed by atoms with Crippen LogP contribution in [0.15, 0.2) is 0 Å². The van der Waals surface area contributed by atoms with Crippen molar-refractivity contribution in [2.75, 3.05) is 0 Å². The summed E-state index contributed by atoms with van der Waals surface area (Å²) < 4.78 is 0. The summed E-state index contributed by atoms with van der Waals surface area (Å²) >= 11 is 0. The Morgan fingerprint density at radius 3 is 2.44 bits per heavy atom. The molecular formula is C26H42O. The highest BCUT2D eigenvalue weighted by atomic mass is 16.1. The lowest BCUT2D eigenvalue weighted by molar-refractivity contribution is -0.142. The van der Waals surface area contributed by atoms with Gasteiger partial charge in [-0.05, 0) is 110 Å². The lowest BCUT2D eigenvalue weighted by atomic mass is 9.43. The molecule has 152 valence electrons. The molecule has 0 spiro atoms. The van der Waals surface area contributed by atoms with Crippen molar-refractivity contribution >= 4 is 5.78 Å². The van der Waals surface area contributed by atoms with Crippen LogP contribution in [0, 0.1) is 64.1 Å². The first-order valence-electron chi connectivity index (χ1n) is 12.3. The van der Waals surface area contributed by atoms with Crippen molar-refractivity contribution in [1.82, 2.24) is 0 Å². The molecule has 0 saturated heterocycles. The minimum atomic E-state index is 0.331. The second-order valence-electron chi connectivity index (χ2n) is 12.2. The minimum absolute atomic E-state index is 0.331. The third-order valence-electron chi connectivity index (χ3n) is 11.2. The van der Waals surface area contributed by atoms with Crippen LogP contribution in [-0.2, 0) is 4.79 Å². The molecule has 1 nitrogen and oxygen atoms in total. The fourth-order valence-corrected chi connectivity index (χ4v) is 10.2. The predicted molar refractivity (Wildman–Crippen MR) is 111 cm³/mol. The molecule has 5 fully saturated rings. The summed E-state index contributed by atoms with van der Waals surface area (Å²) in [5.41, 5.74) is 0.938. The van der Waals surface area contributed by atoms with E-state index >= 15 is 0 Å². The average molecular weight is 371 g/mol. The van der Waals surface area contributed by atoms with Crippen LogP contribution in [0.5, 0.6) is 0 Å². The van der Waals surface area contributed by atoms with Crippen LogP contribution in [0.1, 0.15) is 92.4 Å². The summed E-state index contributed by atoms with van der Waals surface area (Å²) in [6, 6.07) is 0. The molecule has 0 bridgehead atoms. The highest BCUT2D eigenvalue weighted by Gasteiger charge is 2.74. The van der Waals surface area contributed by atoms with E-state index in [9.17, 15) is 4.79 Å². The molecule has 5 aliphatic carbocycles. The number of Topliss-reactive ketones (excluding diaryl/α,β-unsaturated/α-hetero) is 1. The molecule has 1 heteroatoms. The molecule has 10 unspecified atom stereocenters. The number of rotatable bonds is 3. The molecule has 0 aromatic heterocycles. The highest BCUT2D eigenvalue weighted by molar-refractivity contribution is 5.81. The quantitative estimate of drug-likeness (QED) is 0.537. The maximum absolute atomic E-state index is 12.6. The van der Waals surface area contributed by atoms with Crippen LogP contribution in [-0.4, -0.2) is 5.78 Å². The first-order valence-corrected chi connectivity index (χ1v) is 12.3. The largest absolute Gasteiger partial charge is 0.300 e. The van der Waals surface area contributed by atoms with Gasteiger partial charge in [0.25, 0.3) is 0 Å². The molecule has 5 rings (SSSR count). The van der Waals surface area contributed by atoms with E-state index in [-0.39, 0.29) is 0 Å². The molecule has 11 atom stereocenters. The molecule has 27 heavy (non-hydrogen) atoms. The smallest absolute Gasteiger partial charge is 0.133 e. The van der Waals surface area contributed by atoms with E-state index in [1.807, 2.05) is 6.92 Å². The van der Waals surface area contributed by atoms with Gasteiger partial charge in [-0.3, -0.25) is 4.79 Å². The van der Waals surface area contributed by atoms with Gasteiger partial charge in [-0.2, -0.15) is 0 Å². The van der Waals surface area contributed by atoms with E-state index in [2.05, 4.69) is 27.7 Å². The molecule has 5 saturated carbocycles. The van der Waals surface area contributed by atoms with Gasteiger partial charge in [0.15, 0.2) is 0 Å². The van der Waals surface area contributed by atoms with Crippen LogP contribution in [0.2, 0.25) is 0 Å². The van der Waals surface area contributed by atoms with Gasteiger partial charge in [0.05, 0.1) is 0 Å². The molecular weight excluding hydrogens is 328 g/mol. The maximum atomic E-state index is 12.6. The second-order valence-corrected chi connectivity index (χ2v) is 12.2. The van der Waals surface area contributed by atoms with Gasteiger partial charge in [0.2, 0.25) is 0 Å². The SMILES string of the molecule is CCCC1CCC2(C)C(CCC3C2CCC2(C)C(C(C)=O)C4C(C32)[C@@H]4C)C1. The molecule has 0 radical (unpaired) electrons. The standard InChI is InChI=1S/C26H42O/c1-6-7-17-10-12-25(4)18(14-17)8-9-19-20(25)11-13-26(5)23(16(3)27)21-15(2)22(21)24(19)26/h15,17-24H,6-14H2,1-5H3/t15-,17?,18?,19?,20?,21?,22?,23?,24?,25?,26?/m1/s1. The molecule has 0 N–H and O–H groups in total. The third-order valence-corrected chi connectivity index (χ3v) is 11.2. The molecule has 0 amide bonds. The van der Waals surface area contributed by atoms with E-state index in [1.54, 1.807) is 0 Å². The first kappa shape index (κ1) is 18.7. The van der Waals surface area contributed by atoms with Crippen LogP contribution >= 0.6 is 0 Å². The topological polar surface area (TPSA) is 17.1 Å². The van der Waals surface area contributed by atoms with Crippen molar-refractivity contribution in [3.05, 3.63) is 0 Å². The summed E-state index contributed by atoms with van der Waals surface area (Å²) in [6.45, 7) is 12.0. The van der Waals surface area contributed by atoms with Gasteiger partial charge in [-0.15, -0.1) is 0 Å². The zero-order valence-corrected chi connectivity index (χ0v) is 18.5. The Balaban J connectivity index is 1.43. The zero-order chi connectivity index (χ0) is 19.1. The summed E-state index contributed by atoms with van der Waals surface area (Å²) in [5, 5.41) is 0. The van der Waals surface area contributed by atoms with E-state index in [0.29, 0.717) is 22.5 Å². The zero-order valence-electron chi connectivity index (χ0n) is 18.5. The van der Waals surface area contributed by atoms with Gasteiger partial charge >= 0.3 is 0 Å². The monoisotopic (exact) mass is 370 g/mol. The van der Waals surface area contributed by atoms with Crippen molar-refractivity contribution in [2.45, 2.75) is 92.4 Å². The number of hydrogen-bond acceptors (Lipinski definition) is 1. The van der Waals surface area contributed by atoms with Gasteiger partial charge in [0, 0.05) is 5.92 Å². The van der Waals surface area contributed by atoms with Crippen molar-refractivity contribution in [3.63, 3.8) is 0 Å². The van der Waals surface area contributed by atoms with E-state index in [1.165, 1.54) is 57.8 Å². The van der Waals surface area contributed by atoms with Crippen LogP contribution in [0.25, 0.3) is 0 Å². The molecule has 0 aromatic carbocycles. The molecule has 0 aromatic rings. The fourth-order valence-electron chi connectivity index (χ4n) is 10.2. The number of carbonyl (C=O) groups excluding carboxylic acids is 1.